The van der Waals surface area contributed by atoms with Gasteiger partial charge in [-0.2, -0.15) is 0 Å². The van der Waals surface area contributed by atoms with Gasteiger partial charge in [0.15, 0.2) is 11.9 Å². The Kier molecular flexibility index (Phi) is 4.49. The molecule has 0 unspecified atom stereocenters. The monoisotopic (exact) mass is 411 g/mol. The summed E-state index contributed by atoms with van der Waals surface area (Å²) in [5.74, 6) is 0. The first-order valence-corrected chi connectivity index (χ1v) is 10.1. The van der Waals surface area contributed by atoms with Crippen molar-refractivity contribution in [2.45, 2.75) is 11.8 Å². The summed E-state index contributed by atoms with van der Waals surface area (Å²) >= 11 is 6.28. The fraction of sp³-hybridized carbons (Fsp3) is 0.0500. The van der Waals surface area contributed by atoms with Crippen molar-refractivity contribution >= 4 is 38.9 Å². The maximum atomic E-state index is 13.5. The first kappa shape index (κ1) is 18.3. The lowest BCUT2D eigenvalue weighted by atomic mass is 10.2. The highest BCUT2D eigenvalue weighted by Gasteiger charge is 2.25. The molecule has 0 saturated heterocycles. The van der Waals surface area contributed by atoms with Gasteiger partial charge in [0, 0.05) is 23.3 Å². The van der Waals surface area contributed by atoms with E-state index in [1.54, 1.807) is 42.5 Å². The molecule has 0 spiro atoms. The van der Waals surface area contributed by atoms with E-state index >= 15 is 0 Å². The topological polar surface area (TPSA) is 81.9 Å². The Morgan fingerprint density at radius 3 is 2.43 bits per heavy atom. The summed E-state index contributed by atoms with van der Waals surface area (Å²) in [6, 6.07) is 13.0. The Morgan fingerprint density at radius 2 is 1.79 bits per heavy atom. The Hall–Kier alpha value is -3.03. The van der Waals surface area contributed by atoms with Crippen molar-refractivity contribution in [3.05, 3.63) is 77.2 Å². The average molecular weight is 412 g/mol. The molecule has 140 valence electrons. The van der Waals surface area contributed by atoms with Gasteiger partial charge in [0.25, 0.3) is 10.0 Å². The van der Waals surface area contributed by atoms with E-state index in [0.29, 0.717) is 28.0 Å². The average Bonchev–Trinajstić information content (AvgIpc) is 3.10. The van der Waals surface area contributed by atoms with E-state index < -0.39 is 10.0 Å². The molecule has 3 heterocycles. The highest BCUT2D eigenvalue weighted by molar-refractivity contribution is 7.90. The van der Waals surface area contributed by atoms with Gasteiger partial charge in [-0.25, -0.2) is 17.4 Å². The number of carbonyl (C=O) groups excluding carboxylic acids is 1. The van der Waals surface area contributed by atoms with Gasteiger partial charge in [0.2, 0.25) is 0 Å². The van der Waals surface area contributed by atoms with Crippen LogP contribution in [0, 0.1) is 6.92 Å². The number of aldehydes is 1. The van der Waals surface area contributed by atoms with E-state index in [1.807, 2.05) is 6.92 Å². The van der Waals surface area contributed by atoms with Crippen LogP contribution >= 0.6 is 11.6 Å². The molecule has 4 aromatic rings. The van der Waals surface area contributed by atoms with Gasteiger partial charge in [-0.1, -0.05) is 29.3 Å². The molecule has 0 aliphatic rings. The highest BCUT2D eigenvalue weighted by atomic mass is 35.5. The van der Waals surface area contributed by atoms with Gasteiger partial charge < -0.3 is 0 Å². The quantitative estimate of drug-likeness (QED) is 0.472. The molecule has 8 heteroatoms. The van der Waals surface area contributed by atoms with E-state index in [0.717, 1.165) is 9.54 Å². The van der Waals surface area contributed by atoms with Gasteiger partial charge in [-0.05, 0) is 43.3 Å². The molecule has 0 aliphatic carbocycles. The fourth-order valence-electron chi connectivity index (χ4n) is 2.93. The third-order valence-corrected chi connectivity index (χ3v) is 6.42. The van der Waals surface area contributed by atoms with Crippen molar-refractivity contribution < 1.29 is 13.2 Å². The number of aromatic nitrogens is 3. The molecule has 0 saturated carbocycles. The maximum Gasteiger partial charge on any atom is 0.269 e. The van der Waals surface area contributed by atoms with Gasteiger partial charge in [0.1, 0.15) is 5.69 Å². The number of carbonyl (C=O) groups is 1. The molecule has 6 nitrogen and oxygen atoms in total. The van der Waals surface area contributed by atoms with Crippen LogP contribution in [-0.4, -0.2) is 28.6 Å². The second-order valence-electron chi connectivity index (χ2n) is 6.23. The zero-order valence-electron chi connectivity index (χ0n) is 14.7. The number of aryl methyl sites for hydroxylation is 1. The van der Waals surface area contributed by atoms with Crippen LogP contribution in [0.1, 0.15) is 16.1 Å². The molecule has 0 N–H and O–H groups in total. The lowest BCUT2D eigenvalue weighted by Crippen LogP contribution is -2.14. The minimum Gasteiger partial charge on any atom is -0.296 e. The van der Waals surface area contributed by atoms with Gasteiger partial charge in [0.05, 0.1) is 15.6 Å². The molecule has 0 amide bonds. The summed E-state index contributed by atoms with van der Waals surface area (Å²) < 4.78 is 28.1. The molecular weight excluding hydrogens is 398 g/mol. The van der Waals surface area contributed by atoms with Crippen molar-refractivity contribution in [3.8, 4) is 11.3 Å². The number of pyridine rings is 2. The van der Waals surface area contributed by atoms with Gasteiger partial charge in [-0.15, -0.1) is 0 Å². The number of benzene rings is 1. The Balaban J connectivity index is 2.04. The van der Waals surface area contributed by atoms with E-state index in [-0.39, 0.29) is 16.2 Å². The van der Waals surface area contributed by atoms with Crippen LogP contribution in [0.25, 0.3) is 22.3 Å². The van der Waals surface area contributed by atoms with E-state index in [4.69, 9.17) is 11.6 Å². The third kappa shape index (κ3) is 2.98. The van der Waals surface area contributed by atoms with Crippen LogP contribution in [0.3, 0.4) is 0 Å². The Labute approximate surface area is 166 Å². The van der Waals surface area contributed by atoms with Crippen LogP contribution in [0.4, 0.5) is 0 Å². The Morgan fingerprint density at radius 1 is 1.04 bits per heavy atom. The highest BCUT2D eigenvalue weighted by Crippen LogP contribution is 2.34. The van der Waals surface area contributed by atoms with Gasteiger partial charge in [-0.3, -0.25) is 9.78 Å². The largest absolute Gasteiger partial charge is 0.296 e. The molecule has 0 aliphatic heterocycles. The minimum absolute atomic E-state index is 0.135. The molecule has 0 radical (unpaired) electrons. The van der Waals surface area contributed by atoms with Crippen molar-refractivity contribution in [2.75, 3.05) is 0 Å². The van der Waals surface area contributed by atoms with E-state index in [2.05, 4.69) is 9.97 Å². The molecule has 0 fully saturated rings. The van der Waals surface area contributed by atoms with Crippen molar-refractivity contribution in [2.24, 2.45) is 0 Å². The molecule has 28 heavy (non-hydrogen) atoms. The van der Waals surface area contributed by atoms with Crippen LogP contribution in [0.2, 0.25) is 5.02 Å². The predicted octanol–water partition coefficient (Wildman–Crippen LogP) is 4.11. The standard InChI is InChI=1S/C20H14ClN3O3S/c1-13-2-6-16(7-3-13)28(26,27)24-19(14-4-5-15(12-25)23-11-14)10-17-18(21)8-9-22-20(17)24/h2-12H,1H3. The van der Waals surface area contributed by atoms with Crippen molar-refractivity contribution in [1.82, 2.24) is 13.9 Å². The molecular formula is C20H14ClN3O3S. The zero-order valence-corrected chi connectivity index (χ0v) is 16.3. The summed E-state index contributed by atoms with van der Waals surface area (Å²) in [6.07, 6.45) is 3.54. The number of hydrogen-bond donors (Lipinski definition) is 0. The number of hydrogen-bond acceptors (Lipinski definition) is 5. The van der Waals surface area contributed by atoms with Crippen molar-refractivity contribution in [3.63, 3.8) is 0 Å². The lowest BCUT2D eigenvalue weighted by Gasteiger charge is -2.12. The number of nitrogens with zero attached hydrogens (tertiary/aromatic N) is 3. The molecule has 0 atom stereocenters. The normalized spacial score (nSPS) is 11.6. The molecule has 0 bridgehead atoms. The number of fused-ring (bicyclic) bond motifs is 1. The summed E-state index contributed by atoms with van der Waals surface area (Å²) in [4.78, 5) is 19.3. The van der Waals surface area contributed by atoms with E-state index in [9.17, 15) is 13.2 Å². The van der Waals surface area contributed by atoms with Gasteiger partial charge >= 0.3 is 0 Å². The second-order valence-corrected chi connectivity index (χ2v) is 8.43. The third-order valence-electron chi connectivity index (χ3n) is 4.37. The molecule has 3 aromatic heterocycles. The van der Waals surface area contributed by atoms with Crippen LogP contribution < -0.4 is 0 Å². The lowest BCUT2D eigenvalue weighted by molar-refractivity contribution is 0.111. The van der Waals surface area contributed by atoms with Crippen molar-refractivity contribution in [1.29, 1.82) is 0 Å². The minimum atomic E-state index is -3.95. The van der Waals surface area contributed by atoms with Crippen LogP contribution in [0.5, 0.6) is 0 Å². The van der Waals surface area contributed by atoms with Crippen LogP contribution in [-0.2, 0) is 10.0 Å². The summed E-state index contributed by atoms with van der Waals surface area (Å²) in [6.45, 7) is 1.88. The number of rotatable bonds is 4. The SMILES string of the molecule is Cc1ccc(S(=O)(=O)n2c(-c3ccc(C=O)nc3)cc3c(Cl)ccnc32)cc1. The maximum absolute atomic E-state index is 13.5. The molecule has 1 aromatic carbocycles. The first-order chi connectivity index (χ1) is 13.4. The van der Waals surface area contributed by atoms with Crippen LogP contribution in [0.15, 0.2) is 65.8 Å². The molecule has 4 rings (SSSR count). The summed E-state index contributed by atoms with van der Waals surface area (Å²) in [5, 5.41) is 0.899. The smallest absolute Gasteiger partial charge is 0.269 e. The predicted molar refractivity (Wildman–Crippen MR) is 107 cm³/mol. The second kappa shape index (κ2) is 6.85. The first-order valence-electron chi connectivity index (χ1n) is 8.31. The Bertz CT molecular complexity index is 1300. The summed E-state index contributed by atoms with van der Waals surface area (Å²) in [5.41, 5.74) is 2.31. The van der Waals surface area contributed by atoms with E-state index in [1.165, 1.54) is 18.5 Å². The number of halogens is 1. The summed E-state index contributed by atoms with van der Waals surface area (Å²) in [7, 11) is -3.95. The fourth-order valence-corrected chi connectivity index (χ4v) is 4.61. The zero-order chi connectivity index (χ0) is 19.9.